The van der Waals surface area contributed by atoms with Gasteiger partial charge in [-0.25, -0.2) is 0 Å². The zero-order valence-corrected chi connectivity index (χ0v) is 10.1. The largest absolute Gasteiger partial charge is 0.493 e. The topological polar surface area (TPSA) is 47.1 Å². The summed E-state index contributed by atoms with van der Waals surface area (Å²) in [6, 6.07) is 11.3. The van der Waals surface area contributed by atoms with Gasteiger partial charge in [0.05, 0.1) is 25.3 Å². The lowest BCUT2D eigenvalue weighted by Crippen LogP contribution is -1.95. The first-order valence-corrected chi connectivity index (χ1v) is 5.72. The molecular weight excluding hydrogens is 228 g/mol. The molecule has 18 heavy (non-hydrogen) atoms. The molecule has 4 nitrogen and oxygen atoms in total. The quantitative estimate of drug-likeness (QED) is 0.597. The Morgan fingerprint density at radius 1 is 1.11 bits per heavy atom. The van der Waals surface area contributed by atoms with Gasteiger partial charge in [0.2, 0.25) is 0 Å². The van der Waals surface area contributed by atoms with Gasteiger partial charge in [0.1, 0.15) is 11.5 Å². The molecule has 0 amide bonds. The first-order valence-electron chi connectivity index (χ1n) is 5.72. The summed E-state index contributed by atoms with van der Waals surface area (Å²) in [6.45, 7) is 2.57. The van der Waals surface area contributed by atoms with Crippen LogP contribution >= 0.6 is 0 Å². The van der Waals surface area contributed by atoms with Crippen LogP contribution in [0.3, 0.4) is 0 Å². The van der Waals surface area contributed by atoms with Gasteiger partial charge in [0.15, 0.2) is 0 Å². The van der Waals surface area contributed by atoms with E-state index in [-0.39, 0.29) is 0 Å². The van der Waals surface area contributed by atoms with Crippen molar-refractivity contribution in [3.05, 3.63) is 54.0 Å². The van der Waals surface area contributed by atoms with E-state index in [9.17, 15) is 0 Å². The van der Waals surface area contributed by atoms with Gasteiger partial charge in [0, 0.05) is 5.56 Å². The van der Waals surface area contributed by atoms with Crippen LogP contribution in [-0.2, 0) is 0 Å². The molecule has 4 heteroatoms. The van der Waals surface area contributed by atoms with Crippen LogP contribution in [0.15, 0.2) is 57.3 Å². The highest BCUT2D eigenvalue weighted by Gasteiger charge is 1.97. The Morgan fingerprint density at radius 3 is 2.72 bits per heavy atom. The molecule has 0 atom stereocenters. The van der Waals surface area contributed by atoms with E-state index in [1.54, 1.807) is 24.8 Å². The molecule has 0 N–H and O–H groups in total. The summed E-state index contributed by atoms with van der Waals surface area (Å²) in [6.07, 6.45) is 4.81. The maximum absolute atomic E-state index is 5.48. The summed E-state index contributed by atoms with van der Waals surface area (Å²) in [5, 5.41) is 7.87. The number of benzene rings is 1. The third kappa shape index (κ3) is 3.31. The van der Waals surface area contributed by atoms with Gasteiger partial charge in [-0.2, -0.15) is 10.2 Å². The first-order chi connectivity index (χ1) is 8.90. The maximum atomic E-state index is 5.48. The SMILES string of the molecule is CCOc1ccccc1C=N/N=C/c1ccco1. The minimum atomic E-state index is 0.626. The van der Waals surface area contributed by atoms with Crippen LogP contribution in [0.5, 0.6) is 5.75 Å². The highest BCUT2D eigenvalue weighted by Crippen LogP contribution is 2.15. The molecule has 1 aromatic heterocycles. The second kappa shape index (κ2) is 6.39. The van der Waals surface area contributed by atoms with Crippen molar-refractivity contribution < 1.29 is 9.15 Å². The van der Waals surface area contributed by atoms with E-state index < -0.39 is 0 Å². The van der Waals surface area contributed by atoms with Crippen LogP contribution in [0.1, 0.15) is 18.2 Å². The molecule has 0 bridgehead atoms. The molecule has 0 saturated heterocycles. The molecule has 0 aliphatic rings. The highest BCUT2D eigenvalue weighted by molar-refractivity contribution is 5.84. The number of nitrogens with zero attached hydrogens (tertiary/aromatic N) is 2. The number of hydrogen-bond acceptors (Lipinski definition) is 4. The smallest absolute Gasteiger partial charge is 0.146 e. The molecular formula is C14H14N2O2. The van der Waals surface area contributed by atoms with Gasteiger partial charge < -0.3 is 9.15 Å². The summed E-state index contributed by atoms with van der Waals surface area (Å²) < 4.78 is 10.6. The van der Waals surface area contributed by atoms with E-state index in [4.69, 9.17) is 9.15 Å². The summed E-state index contributed by atoms with van der Waals surface area (Å²) in [5.74, 6) is 1.47. The molecule has 1 aromatic carbocycles. The monoisotopic (exact) mass is 242 g/mol. The van der Waals surface area contributed by atoms with E-state index in [0.717, 1.165) is 11.3 Å². The minimum Gasteiger partial charge on any atom is -0.493 e. The van der Waals surface area contributed by atoms with Crippen molar-refractivity contribution in [1.29, 1.82) is 0 Å². The van der Waals surface area contributed by atoms with Gasteiger partial charge in [-0.05, 0) is 31.2 Å². The van der Waals surface area contributed by atoms with Crippen LogP contribution in [0.25, 0.3) is 0 Å². The van der Waals surface area contributed by atoms with Crippen LogP contribution in [0.2, 0.25) is 0 Å². The Labute approximate surface area is 106 Å². The van der Waals surface area contributed by atoms with Crippen molar-refractivity contribution >= 4 is 12.4 Å². The number of hydrogen-bond donors (Lipinski definition) is 0. The predicted octanol–water partition coefficient (Wildman–Crippen LogP) is 3.13. The second-order valence-electron chi connectivity index (χ2n) is 3.48. The third-order valence-corrected chi connectivity index (χ3v) is 2.21. The molecule has 2 rings (SSSR count). The molecule has 0 radical (unpaired) electrons. The Kier molecular flexibility index (Phi) is 4.30. The van der Waals surface area contributed by atoms with Crippen LogP contribution in [0, 0.1) is 0 Å². The Morgan fingerprint density at radius 2 is 1.94 bits per heavy atom. The van der Waals surface area contributed by atoms with Crippen molar-refractivity contribution in [2.45, 2.75) is 6.92 Å². The standard InChI is InChI=1S/C14H14N2O2/c1-2-17-14-8-4-3-6-12(14)10-15-16-11-13-7-5-9-18-13/h3-11H,2H2,1H3/b15-10?,16-11+. The number of para-hydroxylation sites is 1. The Hall–Kier alpha value is -2.36. The summed E-state index contributed by atoms with van der Waals surface area (Å²) in [4.78, 5) is 0. The molecule has 0 aliphatic carbocycles. The molecule has 92 valence electrons. The van der Waals surface area contributed by atoms with Crippen LogP contribution < -0.4 is 4.74 Å². The Balaban J connectivity index is 2.04. The third-order valence-electron chi connectivity index (χ3n) is 2.21. The van der Waals surface area contributed by atoms with Crippen molar-refractivity contribution in [3.8, 4) is 5.75 Å². The zero-order valence-electron chi connectivity index (χ0n) is 10.1. The fraction of sp³-hybridized carbons (Fsp3) is 0.143. The molecule has 1 heterocycles. The van der Waals surface area contributed by atoms with E-state index in [2.05, 4.69) is 10.2 Å². The molecule has 0 fully saturated rings. The van der Waals surface area contributed by atoms with Gasteiger partial charge in [-0.15, -0.1) is 0 Å². The lowest BCUT2D eigenvalue weighted by molar-refractivity contribution is 0.340. The summed E-state index contributed by atoms with van der Waals surface area (Å²) in [5.41, 5.74) is 0.899. The van der Waals surface area contributed by atoms with Crippen molar-refractivity contribution in [3.63, 3.8) is 0 Å². The molecule has 0 aliphatic heterocycles. The summed E-state index contributed by atoms with van der Waals surface area (Å²) in [7, 11) is 0. The molecule has 2 aromatic rings. The van der Waals surface area contributed by atoms with Crippen molar-refractivity contribution in [1.82, 2.24) is 0 Å². The van der Waals surface area contributed by atoms with E-state index in [0.29, 0.717) is 12.4 Å². The van der Waals surface area contributed by atoms with Crippen molar-refractivity contribution in [2.24, 2.45) is 10.2 Å². The predicted molar refractivity (Wildman–Crippen MR) is 71.5 cm³/mol. The minimum absolute atomic E-state index is 0.626. The molecule has 0 spiro atoms. The fourth-order valence-electron chi connectivity index (χ4n) is 1.42. The van der Waals surface area contributed by atoms with Gasteiger partial charge in [0.25, 0.3) is 0 Å². The van der Waals surface area contributed by atoms with Gasteiger partial charge in [-0.3, -0.25) is 0 Å². The van der Waals surface area contributed by atoms with Crippen LogP contribution in [0.4, 0.5) is 0 Å². The zero-order chi connectivity index (χ0) is 12.6. The van der Waals surface area contributed by atoms with Crippen LogP contribution in [-0.4, -0.2) is 19.0 Å². The lowest BCUT2D eigenvalue weighted by Gasteiger charge is -2.04. The lowest BCUT2D eigenvalue weighted by atomic mass is 10.2. The molecule has 0 unspecified atom stereocenters. The van der Waals surface area contributed by atoms with Gasteiger partial charge in [-0.1, -0.05) is 12.1 Å². The van der Waals surface area contributed by atoms with Gasteiger partial charge >= 0.3 is 0 Å². The number of rotatable bonds is 5. The average molecular weight is 242 g/mol. The van der Waals surface area contributed by atoms with E-state index in [1.165, 1.54) is 0 Å². The average Bonchev–Trinajstić information content (AvgIpc) is 2.90. The summed E-state index contributed by atoms with van der Waals surface area (Å²) >= 11 is 0. The highest BCUT2D eigenvalue weighted by atomic mass is 16.5. The normalized spacial score (nSPS) is 11.4. The Bertz CT molecular complexity index is 530. The van der Waals surface area contributed by atoms with E-state index >= 15 is 0 Å². The van der Waals surface area contributed by atoms with Crippen molar-refractivity contribution in [2.75, 3.05) is 6.61 Å². The number of ether oxygens (including phenoxy) is 1. The van der Waals surface area contributed by atoms with E-state index in [1.807, 2.05) is 37.3 Å². The maximum Gasteiger partial charge on any atom is 0.146 e. The second-order valence-corrected chi connectivity index (χ2v) is 3.48. The molecule has 0 saturated carbocycles. The fourth-order valence-corrected chi connectivity index (χ4v) is 1.42. The number of furan rings is 1. The first kappa shape index (κ1) is 12.1.